The molecule has 1 aromatic rings. The summed E-state index contributed by atoms with van der Waals surface area (Å²) in [6, 6.07) is 5.68. The summed E-state index contributed by atoms with van der Waals surface area (Å²) in [5.74, 6) is 2.72. The van der Waals surface area contributed by atoms with E-state index in [1.165, 1.54) is 0 Å². The average molecular weight is 302 g/mol. The van der Waals surface area contributed by atoms with Crippen LogP contribution < -0.4 is 4.90 Å². The van der Waals surface area contributed by atoms with Crippen molar-refractivity contribution in [3.63, 3.8) is 0 Å². The summed E-state index contributed by atoms with van der Waals surface area (Å²) in [5.41, 5.74) is 1.73. The number of nitrogens with zero attached hydrogens (tertiary/aromatic N) is 3. The zero-order chi connectivity index (χ0) is 14.9. The molecule has 0 unspecified atom stereocenters. The summed E-state index contributed by atoms with van der Waals surface area (Å²) in [5, 5.41) is 8.85. The highest BCUT2D eigenvalue weighted by molar-refractivity contribution is 6.30. The zero-order valence-electron chi connectivity index (χ0n) is 11.7. The molecule has 0 radical (unpaired) electrons. The molecule has 2 aliphatic heterocycles. The molecular formula is C16H16ClN3O. The Bertz CT molecular complexity index is 641. The number of hydrogen-bond donors (Lipinski definition) is 0. The van der Waals surface area contributed by atoms with E-state index < -0.39 is 0 Å². The fourth-order valence-corrected chi connectivity index (χ4v) is 2.93. The Morgan fingerprint density at radius 2 is 2.24 bits per heavy atom. The van der Waals surface area contributed by atoms with E-state index in [1.807, 2.05) is 23.1 Å². The summed E-state index contributed by atoms with van der Waals surface area (Å²) in [6.07, 6.45) is 8.60. The summed E-state index contributed by atoms with van der Waals surface area (Å²) in [4.78, 5) is 14.2. The second-order valence-electron chi connectivity index (χ2n) is 5.45. The van der Waals surface area contributed by atoms with E-state index in [0.29, 0.717) is 24.3 Å². The highest BCUT2D eigenvalue weighted by atomic mass is 35.5. The average Bonchev–Trinajstić information content (AvgIpc) is 3.14. The molecule has 3 rings (SSSR count). The Hall–Kier alpha value is -1.86. The molecule has 0 saturated heterocycles. The molecule has 1 amide bonds. The highest BCUT2D eigenvalue weighted by Crippen LogP contribution is 2.38. The van der Waals surface area contributed by atoms with E-state index >= 15 is 0 Å². The normalized spacial score (nSPS) is 17.4. The van der Waals surface area contributed by atoms with Crippen molar-refractivity contribution in [3.05, 3.63) is 28.8 Å². The van der Waals surface area contributed by atoms with Crippen molar-refractivity contribution >= 4 is 23.2 Å². The van der Waals surface area contributed by atoms with Crippen LogP contribution in [0.4, 0.5) is 5.69 Å². The maximum absolute atomic E-state index is 12.4. The van der Waals surface area contributed by atoms with Crippen molar-refractivity contribution in [3.8, 4) is 12.3 Å². The van der Waals surface area contributed by atoms with Crippen molar-refractivity contribution in [2.75, 3.05) is 11.4 Å². The third kappa shape index (κ3) is 2.93. The minimum absolute atomic E-state index is 0.119. The van der Waals surface area contributed by atoms with Gasteiger partial charge in [0.25, 0.3) is 0 Å². The van der Waals surface area contributed by atoms with Crippen molar-refractivity contribution in [2.45, 2.75) is 37.8 Å². The predicted molar refractivity (Wildman–Crippen MR) is 82.4 cm³/mol. The van der Waals surface area contributed by atoms with Crippen LogP contribution in [-0.4, -0.2) is 18.1 Å². The Morgan fingerprint density at radius 3 is 2.95 bits per heavy atom. The van der Waals surface area contributed by atoms with E-state index in [1.54, 1.807) is 0 Å². The van der Waals surface area contributed by atoms with Crippen molar-refractivity contribution in [1.29, 1.82) is 0 Å². The minimum atomic E-state index is -0.384. The number of rotatable bonds is 5. The predicted octanol–water partition coefficient (Wildman–Crippen LogP) is 3.58. The smallest absolute Gasteiger partial charge is 0.227 e. The van der Waals surface area contributed by atoms with Crippen LogP contribution >= 0.6 is 11.6 Å². The van der Waals surface area contributed by atoms with E-state index in [0.717, 1.165) is 30.6 Å². The molecule has 0 saturated carbocycles. The van der Waals surface area contributed by atoms with Gasteiger partial charge >= 0.3 is 0 Å². The third-order valence-electron chi connectivity index (χ3n) is 4.03. The molecule has 0 aromatic heterocycles. The first-order valence-corrected chi connectivity index (χ1v) is 7.48. The van der Waals surface area contributed by atoms with Gasteiger partial charge in [0.1, 0.15) is 0 Å². The van der Waals surface area contributed by atoms with Crippen LogP contribution in [-0.2, 0) is 11.2 Å². The third-order valence-corrected chi connectivity index (χ3v) is 4.27. The van der Waals surface area contributed by atoms with Gasteiger partial charge in [-0.25, -0.2) is 0 Å². The van der Waals surface area contributed by atoms with Gasteiger partial charge < -0.3 is 4.90 Å². The number of anilines is 1. The summed E-state index contributed by atoms with van der Waals surface area (Å²) < 4.78 is 0. The molecule has 21 heavy (non-hydrogen) atoms. The van der Waals surface area contributed by atoms with Crippen LogP contribution in [0.25, 0.3) is 0 Å². The van der Waals surface area contributed by atoms with E-state index in [9.17, 15) is 4.79 Å². The van der Waals surface area contributed by atoms with Gasteiger partial charge in [-0.1, -0.05) is 11.6 Å². The van der Waals surface area contributed by atoms with E-state index in [-0.39, 0.29) is 11.6 Å². The zero-order valence-corrected chi connectivity index (χ0v) is 12.4. The number of halogens is 1. The van der Waals surface area contributed by atoms with Crippen LogP contribution in [0, 0.1) is 12.3 Å². The number of benzene rings is 1. The largest absolute Gasteiger partial charge is 0.312 e. The Balaban J connectivity index is 1.60. The standard InChI is InChI=1S/C16H16ClN3O/c1-2-3-8-16(18-19-16)9-6-15(21)20-10-7-12-11-13(17)4-5-14(12)20/h1,4-5,11H,3,6-10H2. The summed E-state index contributed by atoms with van der Waals surface area (Å²) in [7, 11) is 0. The topological polar surface area (TPSA) is 45.0 Å². The van der Waals surface area contributed by atoms with Gasteiger partial charge in [0.15, 0.2) is 5.66 Å². The number of amides is 1. The first-order chi connectivity index (χ1) is 10.1. The molecule has 0 fully saturated rings. The van der Waals surface area contributed by atoms with Crippen molar-refractivity contribution in [1.82, 2.24) is 0 Å². The maximum atomic E-state index is 12.4. The molecule has 0 bridgehead atoms. The molecule has 2 heterocycles. The summed E-state index contributed by atoms with van der Waals surface area (Å²) in [6.45, 7) is 0.722. The van der Waals surface area contributed by atoms with Gasteiger partial charge in [0, 0.05) is 42.9 Å². The maximum Gasteiger partial charge on any atom is 0.227 e. The second kappa shape index (κ2) is 5.50. The van der Waals surface area contributed by atoms with Crippen LogP contribution in [0.1, 0.15) is 31.2 Å². The number of carbonyl (C=O) groups is 1. The molecular weight excluding hydrogens is 286 g/mol. The first kappa shape index (κ1) is 14.1. The second-order valence-corrected chi connectivity index (χ2v) is 5.89. The number of hydrogen-bond acceptors (Lipinski definition) is 3. The molecule has 0 spiro atoms. The lowest BCUT2D eigenvalue weighted by atomic mass is 10.0. The number of fused-ring (bicyclic) bond motifs is 1. The molecule has 4 nitrogen and oxygen atoms in total. The van der Waals surface area contributed by atoms with E-state index in [4.69, 9.17) is 18.0 Å². The van der Waals surface area contributed by atoms with Gasteiger partial charge in [-0.15, -0.1) is 12.3 Å². The lowest BCUT2D eigenvalue weighted by Crippen LogP contribution is -2.30. The molecule has 2 aliphatic rings. The summed E-state index contributed by atoms with van der Waals surface area (Å²) >= 11 is 5.98. The monoisotopic (exact) mass is 301 g/mol. The SMILES string of the molecule is C#CCCC1(CCC(=O)N2CCc3cc(Cl)ccc32)N=N1. The lowest BCUT2D eigenvalue weighted by molar-refractivity contribution is -0.118. The van der Waals surface area contributed by atoms with Gasteiger partial charge in [-0.2, -0.15) is 10.2 Å². The fourth-order valence-electron chi connectivity index (χ4n) is 2.74. The number of terminal acetylenes is 1. The van der Waals surface area contributed by atoms with Crippen LogP contribution in [0.5, 0.6) is 0 Å². The molecule has 0 N–H and O–H groups in total. The van der Waals surface area contributed by atoms with Gasteiger partial charge in [-0.05, 0) is 30.2 Å². The van der Waals surface area contributed by atoms with Gasteiger partial charge in [-0.3, -0.25) is 4.79 Å². The van der Waals surface area contributed by atoms with Crippen LogP contribution in [0.3, 0.4) is 0 Å². The first-order valence-electron chi connectivity index (χ1n) is 7.10. The van der Waals surface area contributed by atoms with Gasteiger partial charge in [0.2, 0.25) is 5.91 Å². The minimum Gasteiger partial charge on any atom is -0.312 e. The molecule has 108 valence electrons. The Kier molecular flexibility index (Phi) is 3.69. The number of carbonyl (C=O) groups excluding carboxylic acids is 1. The molecule has 5 heteroatoms. The molecule has 1 aromatic carbocycles. The molecule has 0 atom stereocenters. The Morgan fingerprint density at radius 1 is 1.43 bits per heavy atom. The molecule has 0 aliphatic carbocycles. The quantitative estimate of drug-likeness (QED) is 0.767. The van der Waals surface area contributed by atoms with Crippen molar-refractivity contribution < 1.29 is 4.79 Å². The highest BCUT2D eigenvalue weighted by Gasteiger charge is 2.40. The lowest BCUT2D eigenvalue weighted by Gasteiger charge is -2.18. The fraction of sp³-hybridized carbons (Fsp3) is 0.438. The van der Waals surface area contributed by atoms with Crippen LogP contribution in [0.2, 0.25) is 5.02 Å². The Labute approximate surface area is 129 Å². The van der Waals surface area contributed by atoms with Crippen LogP contribution in [0.15, 0.2) is 28.4 Å². The van der Waals surface area contributed by atoms with Crippen molar-refractivity contribution in [2.24, 2.45) is 10.2 Å². The van der Waals surface area contributed by atoms with E-state index in [2.05, 4.69) is 16.1 Å². The van der Waals surface area contributed by atoms with Gasteiger partial charge in [0.05, 0.1) is 0 Å².